The fourth-order valence-corrected chi connectivity index (χ4v) is 2.07. The van der Waals surface area contributed by atoms with Crippen LogP contribution < -0.4 is 4.74 Å². The molecule has 3 rings (SSSR count). The smallest absolute Gasteiger partial charge is 0.168 e. The van der Waals surface area contributed by atoms with E-state index in [1.165, 1.54) is 0 Å². The van der Waals surface area contributed by atoms with Crippen molar-refractivity contribution in [2.24, 2.45) is 7.05 Å². The second kappa shape index (κ2) is 5.13. The standard InChI is InChI=1S/C15H13N3O2/c1-18-15(9-19)13-8-12(5-6-14(13)17-18)20-10-11-4-2-3-7-16-11/h2-9H,10H2,1H3. The van der Waals surface area contributed by atoms with Crippen molar-refractivity contribution in [1.82, 2.24) is 14.8 Å². The van der Waals surface area contributed by atoms with Crippen LogP contribution in [0.5, 0.6) is 5.75 Å². The van der Waals surface area contributed by atoms with E-state index in [9.17, 15) is 4.79 Å². The van der Waals surface area contributed by atoms with E-state index in [1.807, 2.05) is 36.4 Å². The summed E-state index contributed by atoms with van der Waals surface area (Å²) in [6.45, 7) is 0.392. The minimum atomic E-state index is 0.392. The van der Waals surface area contributed by atoms with Crippen LogP contribution in [0.1, 0.15) is 16.2 Å². The SMILES string of the molecule is Cn1nc2ccc(OCc3ccccn3)cc2c1C=O. The van der Waals surface area contributed by atoms with Crippen LogP contribution in [0, 0.1) is 0 Å². The molecule has 0 N–H and O–H groups in total. The Morgan fingerprint density at radius 3 is 2.95 bits per heavy atom. The van der Waals surface area contributed by atoms with Crippen molar-refractivity contribution < 1.29 is 9.53 Å². The van der Waals surface area contributed by atoms with E-state index in [0.29, 0.717) is 18.1 Å². The lowest BCUT2D eigenvalue weighted by molar-refractivity contribution is 0.111. The summed E-state index contributed by atoms with van der Waals surface area (Å²) in [5.41, 5.74) is 2.18. The lowest BCUT2D eigenvalue weighted by Crippen LogP contribution is -1.97. The Labute approximate surface area is 115 Å². The second-order valence-electron chi connectivity index (χ2n) is 4.42. The molecule has 0 aliphatic heterocycles. The van der Waals surface area contributed by atoms with E-state index in [2.05, 4.69) is 10.1 Å². The van der Waals surface area contributed by atoms with Gasteiger partial charge in [0.25, 0.3) is 0 Å². The van der Waals surface area contributed by atoms with Crippen LogP contribution in [0.3, 0.4) is 0 Å². The van der Waals surface area contributed by atoms with Crippen LogP contribution in [0.25, 0.3) is 10.9 Å². The number of hydrogen-bond donors (Lipinski definition) is 0. The normalized spacial score (nSPS) is 10.7. The van der Waals surface area contributed by atoms with Crippen molar-refractivity contribution in [3.05, 3.63) is 54.0 Å². The molecule has 0 unspecified atom stereocenters. The summed E-state index contributed by atoms with van der Waals surface area (Å²) >= 11 is 0. The zero-order valence-corrected chi connectivity index (χ0v) is 11.0. The van der Waals surface area contributed by atoms with Crippen LogP contribution in [-0.2, 0) is 13.7 Å². The third-order valence-electron chi connectivity index (χ3n) is 3.07. The molecule has 5 nitrogen and oxygen atoms in total. The number of fused-ring (bicyclic) bond motifs is 1. The van der Waals surface area contributed by atoms with E-state index in [0.717, 1.165) is 22.9 Å². The molecule has 1 aromatic carbocycles. The Morgan fingerprint density at radius 1 is 1.30 bits per heavy atom. The predicted octanol–water partition coefficient (Wildman–Crippen LogP) is 2.36. The van der Waals surface area contributed by atoms with Crippen molar-refractivity contribution >= 4 is 17.2 Å². The maximum atomic E-state index is 11.1. The number of rotatable bonds is 4. The van der Waals surface area contributed by atoms with Gasteiger partial charge in [-0.2, -0.15) is 5.10 Å². The highest BCUT2D eigenvalue weighted by Gasteiger charge is 2.09. The van der Waals surface area contributed by atoms with Crippen molar-refractivity contribution in [2.75, 3.05) is 0 Å². The maximum absolute atomic E-state index is 11.1. The van der Waals surface area contributed by atoms with Crippen molar-refractivity contribution in [1.29, 1.82) is 0 Å². The minimum absolute atomic E-state index is 0.392. The molecule has 0 radical (unpaired) electrons. The van der Waals surface area contributed by atoms with E-state index in [4.69, 9.17) is 4.74 Å². The topological polar surface area (TPSA) is 57.0 Å². The highest BCUT2D eigenvalue weighted by Crippen LogP contribution is 2.23. The van der Waals surface area contributed by atoms with Crippen molar-refractivity contribution in [3.8, 4) is 5.75 Å². The zero-order chi connectivity index (χ0) is 13.9. The van der Waals surface area contributed by atoms with Gasteiger partial charge in [-0.25, -0.2) is 0 Å². The van der Waals surface area contributed by atoms with Crippen molar-refractivity contribution in [3.63, 3.8) is 0 Å². The van der Waals surface area contributed by atoms with E-state index >= 15 is 0 Å². The van der Waals surface area contributed by atoms with Gasteiger partial charge in [0.05, 0.1) is 11.2 Å². The molecule has 0 bridgehead atoms. The van der Waals surface area contributed by atoms with Crippen LogP contribution >= 0.6 is 0 Å². The Hall–Kier alpha value is -2.69. The Bertz CT molecular complexity index is 750. The Morgan fingerprint density at radius 2 is 2.20 bits per heavy atom. The van der Waals surface area contributed by atoms with Gasteiger partial charge in [0.2, 0.25) is 0 Å². The molecule has 3 aromatic rings. The predicted molar refractivity (Wildman–Crippen MR) is 74.7 cm³/mol. The first-order valence-corrected chi connectivity index (χ1v) is 6.22. The number of aldehydes is 1. The van der Waals surface area contributed by atoms with Gasteiger partial charge >= 0.3 is 0 Å². The van der Waals surface area contributed by atoms with Gasteiger partial charge in [0, 0.05) is 18.6 Å². The first-order valence-electron chi connectivity index (χ1n) is 6.22. The molecule has 0 fully saturated rings. The molecule has 0 saturated heterocycles. The van der Waals surface area contributed by atoms with Crippen LogP contribution in [0.2, 0.25) is 0 Å². The summed E-state index contributed by atoms with van der Waals surface area (Å²) in [4.78, 5) is 15.3. The quantitative estimate of drug-likeness (QED) is 0.681. The lowest BCUT2D eigenvalue weighted by Gasteiger charge is -2.05. The third-order valence-corrected chi connectivity index (χ3v) is 3.07. The molecular weight excluding hydrogens is 254 g/mol. The number of ether oxygens (including phenoxy) is 1. The molecule has 2 aromatic heterocycles. The van der Waals surface area contributed by atoms with Crippen LogP contribution in [-0.4, -0.2) is 21.1 Å². The van der Waals surface area contributed by atoms with Gasteiger partial charge < -0.3 is 4.74 Å². The highest BCUT2D eigenvalue weighted by molar-refractivity contribution is 5.95. The highest BCUT2D eigenvalue weighted by atomic mass is 16.5. The number of pyridine rings is 1. The van der Waals surface area contributed by atoms with E-state index in [1.54, 1.807) is 17.9 Å². The average molecular weight is 267 g/mol. The van der Waals surface area contributed by atoms with Crippen molar-refractivity contribution in [2.45, 2.75) is 6.61 Å². The minimum Gasteiger partial charge on any atom is -0.487 e. The molecule has 0 atom stereocenters. The number of hydrogen-bond acceptors (Lipinski definition) is 4. The third kappa shape index (κ3) is 2.25. The number of nitrogens with zero attached hydrogens (tertiary/aromatic N) is 3. The van der Waals surface area contributed by atoms with Gasteiger partial charge in [0.1, 0.15) is 18.1 Å². The molecule has 0 aliphatic carbocycles. The zero-order valence-electron chi connectivity index (χ0n) is 11.0. The number of aromatic nitrogens is 3. The van der Waals surface area contributed by atoms with Gasteiger partial charge in [-0.15, -0.1) is 0 Å². The molecule has 5 heteroatoms. The number of carbonyl (C=O) groups excluding carboxylic acids is 1. The fraction of sp³-hybridized carbons (Fsp3) is 0.133. The maximum Gasteiger partial charge on any atom is 0.168 e. The molecule has 20 heavy (non-hydrogen) atoms. The molecule has 0 spiro atoms. The summed E-state index contributed by atoms with van der Waals surface area (Å²) in [5, 5.41) is 5.05. The Kier molecular flexibility index (Phi) is 3.16. The molecule has 0 aliphatic rings. The monoisotopic (exact) mass is 267 g/mol. The molecule has 0 saturated carbocycles. The summed E-state index contributed by atoms with van der Waals surface area (Å²) in [7, 11) is 1.75. The summed E-state index contributed by atoms with van der Waals surface area (Å²) < 4.78 is 7.26. The molecule has 0 amide bonds. The summed E-state index contributed by atoms with van der Waals surface area (Å²) in [5.74, 6) is 0.694. The van der Waals surface area contributed by atoms with Gasteiger partial charge in [0.15, 0.2) is 6.29 Å². The number of benzene rings is 1. The summed E-state index contributed by atoms with van der Waals surface area (Å²) in [6, 6.07) is 11.2. The number of carbonyl (C=O) groups is 1. The second-order valence-corrected chi connectivity index (χ2v) is 4.42. The van der Waals surface area contributed by atoms with E-state index in [-0.39, 0.29) is 0 Å². The van der Waals surface area contributed by atoms with Crippen LogP contribution in [0.15, 0.2) is 42.6 Å². The molecule has 100 valence electrons. The fourth-order valence-electron chi connectivity index (χ4n) is 2.07. The first-order chi connectivity index (χ1) is 9.78. The number of aryl methyl sites for hydroxylation is 1. The summed E-state index contributed by atoms with van der Waals surface area (Å²) in [6.07, 6.45) is 2.53. The molecule has 2 heterocycles. The van der Waals surface area contributed by atoms with Gasteiger partial charge in [-0.3, -0.25) is 14.5 Å². The Balaban J connectivity index is 1.87. The van der Waals surface area contributed by atoms with Gasteiger partial charge in [-0.1, -0.05) is 6.07 Å². The van der Waals surface area contributed by atoms with E-state index < -0.39 is 0 Å². The van der Waals surface area contributed by atoms with Crippen LogP contribution in [0.4, 0.5) is 0 Å². The molecular formula is C15H13N3O2. The lowest BCUT2D eigenvalue weighted by atomic mass is 10.2. The van der Waals surface area contributed by atoms with Gasteiger partial charge in [-0.05, 0) is 30.3 Å². The average Bonchev–Trinajstić information content (AvgIpc) is 2.80. The first kappa shape index (κ1) is 12.3. The largest absolute Gasteiger partial charge is 0.487 e.